The fourth-order valence-corrected chi connectivity index (χ4v) is 1.73. The third-order valence-corrected chi connectivity index (χ3v) is 2.66. The van der Waals surface area contributed by atoms with Crippen molar-refractivity contribution in [1.82, 2.24) is 9.97 Å². The molecule has 0 bridgehead atoms. The van der Waals surface area contributed by atoms with Crippen LogP contribution in [0.5, 0.6) is 23.1 Å². The average molecular weight is 279 g/mol. The highest BCUT2D eigenvalue weighted by molar-refractivity contribution is 5.37. The second-order valence-corrected chi connectivity index (χ2v) is 4.27. The van der Waals surface area contributed by atoms with Crippen molar-refractivity contribution in [2.45, 2.75) is 0 Å². The van der Waals surface area contributed by atoms with Crippen molar-refractivity contribution in [3.8, 4) is 23.1 Å². The topological polar surface area (TPSA) is 70.3 Å². The molecule has 0 saturated heterocycles. The molecule has 5 nitrogen and oxygen atoms in total. The van der Waals surface area contributed by atoms with E-state index in [4.69, 9.17) is 15.2 Å². The minimum atomic E-state index is 0.316. The van der Waals surface area contributed by atoms with Gasteiger partial charge in [0.05, 0.1) is 12.4 Å². The van der Waals surface area contributed by atoms with Crippen LogP contribution >= 0.6 is 0 Å². The Kier molecular flexibility index (Phi) is 3.64. The van der Waals surface area contributed by atoms with Gasteiger partial charge in [-0.25, -0.2) is 0 Å². The molecular formula is C16H13N3O2. The molecule has 0 unspecified atom stereocenters. The molecule has 104 valence electrons. The molecule has 0 radical (unpaired) electrons. The van der Waals surface area contributed by atoms with Crippen molar-refractivity contribution in [2.75, 3.05) is 5.73 Å². The standard InChI is InChI=1S/C16H13N3O2/c17-15-10-18-11-16(19-15)21-14-8-6-13(7-9-14)20-12-4-2-1-3-5-12/h1-11H,(H2,17,19). The molecule has 2 aromatic carbocycles. The van der Waals surface area contributed by atoms with Crippen molar-refractivity contribution in [3.05, 3.63) is 67.0 Å². The SMILES string of the molecule is Nc1cncc(Oc2ccc(Oc3ccccc3)cc2)n1. The largest absolute Gasteiger partial charge is 0.457 e. The monoisotopic (exact) mass is 279 g/mol. The molecule has 0 atom stereocenters. The van der Waals surface area contributed by atoms with Crippen molar-refractivity contribution < 1.29 is 9.47 Å². The Labute approximate surface area is 122 Å². The first kappa shape index (κ1) is 12.9. The number of ether oxygens (including phenoxy) is 2. The second kappa shape index (κ2) is 5.92. The van der Waals surface area contributed by atoms with E-state index in [-0.39, 0.29) is 0 Å². The summed E-state index contributed by atoms with van der Waals surface area (Å²) in [5.74, 6) is 2.82. The Bertz CT molecular complexity index is 715. The Hall–Kier alpha value is -3.08. The molecule has 0 amide bonds. The van der Waals surface area contributed by atoms with E-state index in [2.05, 4.69) is 9.97 Å². The third kappa shape index (κ3) is 3.48. The van der Waals surface area contributed by atoms with Gasteiger partial charge in [-0.1, -0.05) is 18.2 Å². The van der Waals surface area contributed by atoms with Gasteiger partial charge in [-0.3, -0.25) is 4.98 Å². The van der Waals surface area contributed by atoms with Crippen LogP contribution < -0.4 is 15.2 Å². The normalized spacial score (nSPS) is 10.1. The Morgan fingerprint density at radius 2 is 1.33 bits per heavy atom. The number of rotatable bonds is 4. The van der Waals surface area contributed by atoms with Crippen LogP contribution in [0.1, 0.15) is 0 Å². The summed E-state index contributed by atoms with van der Waals surface area (Å²) in [6.07, 6.45) is 2.97. The summed E-state index contributed by atoms with van der Waals surface area (Å²) in [5, 5.41) is 0. The van der Waals surface area contributed by atoms with Gasteiger partial charge < -0.3 is 15.2 Å². The minimum Gasteiger partial charge on any atom is -0.457 e. The van der Waals surface area contributed by atoms with Crippen LogP contribution in [0.25, 0.3) is 0 Å². The molecule has 0 aliphatic rings. The maximum absolute atomic E-state index is 5.70. The lowest BCUT2D eigenvalue weighted by Gasteiger charge is -2.07. The van der Waals surface area contributed by atoms with Gasteiger partial charge >= 0.3 is 0 Å². The smallest absolute Gasteiger partial charge is 0.239 e. The van der Waals surface area contributed by atoms with E-state index in [9.17, 15) is 0 Å². The van der Waals surface area contributed by atoms with E-state index in [0.717, 1.165) is 11.5 Å². The lowest BCUT2D eigenvalue weighted by atomic mass is 10.3. The summed E-state index contributed by atoms with van der Waals surface area (Å²) in [6.45, 7) is 0. The van der Waals surface area contributed by atoms with Crippen molar-refractivity contribution >= 4 is 5.82 Å². The van der Waals surface area contributed by atoms with Crippen LogP contribution in [0.2, 0.25) is 0 Å². The molecule has 5 heteroatoms. The summed E-state index contributed by atoms with van der Waals surface area (Å²) in [6, 6.07) is 16.8. The average Bonchev–Trinajstić information content (AvgIpc) is 2.50. The first-order valence-corrected chi connectivity index (χ1v) is 6.38. The first-order chi connectivity index (χ1) is 10.3. The quantitative estimate of drug-likeness (QED) is 0.789. The maximum atomic E-state index is 5.70. The molecule has 1 aromatic heterocycles. The molecule has 3 aromatic rings. The Morgan fingerprint density at radius 3 is 2.00 bits per heavy atom. The number of hydrogen-bond donors (Lipinski definition) is 1. The highest BCUT2D eigenvalue weighted by Crippen LogP contribution is 2.25. The van der Waals surface area contributed by atoms with Crippen molar-refractivity contribution in [1.29, 1.82) is 0 Å². The Morgan fingerprint density at radius 1 is 0.714 bits per heavy atom. The fourth-order valence-electron chi connectivity index (χ4n) is 1.73. The summed E-state index contributed by atoms with van der Waals surface area (Å²) in [7, 11) is 0. The Balaban J connectivity index is 1.69. The minimum absolute atomic E-state index is 0.316. The summed E-state index contributed by atoms with van der Waals surface area (Å²) in [4.78, 5) is 7.94. The van der Waals surface area contributed by atoms with Crippen LogP contribution in [-0.2, 0) is 0 Å². The van der Waals surface area contributed by atoms with Crippen LogP contribution in [0.4, 0.5) is 5.82 Å². The number of benzene rings is 2. The number of anilines is 1. The zero-order chi connectivity index (χ0) is 14.5. The summed E-state index contributed by atoms with van der Waals surface area (Å²) >= 11 is 0. The zero-order valence-electron chi connectivity index (χ0n) is 11.1. The van der Waals surface area contributed by atoms with E-state index in [1.54, 1.807) is 12.1 Å². The summed E-state index contributed by atoms with van der Waals surface area (Å²) in [5.41, 5.74) is 5.55. The van der Waals surface area contributed by atoms with Crippen LogP contribution in [0, 0.1) is 0 Å². The molecule has 0 saturated carbocycles. The van der Waals surface area contributed by atoms with Gasteiger partial charge in [-0.15, -0.1) is 0 Å². The molecule has 0 spiro atoms. The summed E-state index contributed by atoms with van der Waals surface area (Å²) < 4.78 is 11.3. The van der Waals surface area contributed by atoms with Gasteiger partial charge in [-0.2, -0.15) is 4.98 Å². The number of nitrogen functional groups attached to an aromatic ring is 1. The molecule has 2 N–H and O–H groups in total. The predicted molar refractivity (Wildman–Crippen MR) is 79.5 cm³/mol. The van der Waals surface area contributed by atoms with E-state index < -0.39 is 0 Å². The van der Waals surface area contributed by atoms with E-state index in [0.29, 0.717) is 17.4 Å². The molecular weight excluding hydrogens is 266 g/mol. The lowest BCUT2D eigenvalue weighted by Crippen LogP contribution is -1.94. The van der Waals surface area contributed by atoms with Crippen LogP contribution in [-0.4, -0.2) is 9.97 Å². The van der Waals surface area contributed by atoms with Crippen molar-refractivity contribution in [3.63, 3.8) is 0 Å². The van der Waals surface area contributed by atoms with Gasteiger partial charge in [0, 0.05) is 0 Å². The molecule has 21 heavy (non-hydrogen) atoms. The number of para-hydroxylation sites is 1. The van der Waals surface area contributed by atoms with Gasteiger partial charge in [0.25, 0.3) is 0 Å². The first-order valence-electron chi connectivity index (χ1n) is 6.38. The van der Waals surface area contributed by atoms with Gasteiger partial charge in [0.2, 0.25) is 5.88 Å². The highest BCUT2D eigenvalue weighted by atomic mass is 16.5. The van der Waals surface area contributed by atoms with Crippen LogP contribution in [0.15, 0.2) is 67.0 Å². The predicted octanol–water partition coefficient (Wildman–Crippen LogP) is 3.64. The van der Waals surface area contributed by atoms with Gasteiger partial charge in [-0.05, 0) is 36.4 Å². The molecule has 3 rings (SSSR count). The van der Waals surface area contributed by atoms with E-state index >= 15 is 0 Å². The number of aromatic nitrogens is 2. The lowest BCUT2D eigenvalue weighted by molar-refractivity contribution is 0.455. The van der Waals surface area contributed by atoms with Crippen molar-refractivity contribution in [2.24, 2.45) is 0 Å². The van der Waals surface area contributed by atoms with Gasteiger partial charge in [0.1, 0.15) is 23.1 Å². The molecule has 0 aliphatic carbocycles. The van der Waals surface area contributed by atoms with Crippen LogP contribution in [0.3, 0.4) is 0 Å². The number of nitrogens with two attached hydrogens (primary N) is 1. The molecule has 1 heterocycles. The second-order valence-electron chi connectivity index (χ2n) is 4.27. The van der Waals surface area contributed by atoms with E-state index in [1.807, 2.05) is 42.5 Å². The third-order valence-electron chi connectivity index (χ3n) is 2.66. The highest BCUT2D eigenvalue weighted by Gasteiger charge is 2.01. The zero-order valence-corrected chi connectivity index (χ0v) is 11.1. The number of hydrogen-bond acceptors (Lipinski definition) is 5. The maximum Gasteiger partial charge on any atom is 0.239 e. The molecule has 0 aliphatic heterocycles. The van der Waals surface area contributed by atoms with E-state index in [1.165, 1.54) is 12.4 Å². The van der Waals surface area contributed by atoms with Gasteiger partial charge in [0.15, 0.2) is 0 Å². The number of nitrogens with zero attached hydrogens (tertiary/aromatic N) is 2. The fraction of sp³-hybridized carbons (Fsp3) is 0. The molecule has 0 fully saturated rings.